The van der Waals surface area contributed by atoms with Crippen molar-refractivity contribution in [3.05, 3.63) is 10.2 Å². The summed E-state index contributed by atoms with van der Waals surface area (Å²) in [6, 6.07) is 0.481. The summed E-state index contributed by atoms with van der Waals surface area (Å²) in [6.45, 7) is 15.1. The third kappa shape index (κ3) is 9.65. The van der Waals surface area contributed by atoms with E-state index < -0.39 is 24.0 Å². The summed E-state index contributed by atoms with van der Waals surface area (Å²) in [5, 5.41) is 0. The van der Waals surface area contributed by atoms with Gasteiger partial charge in [0.1, 0.15) is 0 Å². The maximum absolute atomic E-state index is 13.0. The Morgan fingerprint density at radius 1 is 1.00 bits per heavy atom. The number of likely N-dealkylation sites (tertiary alicyclic amines) is 1. The molecule has 0 bridgehead atoms. The Balaban J connectivity index is 3.08. The molecule has 0 aromatic heterocycles. The Morgan fingerprint density at radius 2 is 1.52 bits per heavy atom. The molecule has 0 radical (unpaired) electrons. The van der Waals surface area contributed by atoms with Crippen LogP contribution >= 0.6 is 0 Å². The number of rotatable bonds is 11. The molecule has 1 heterocycles. The van der Waals surface area contributed by atoms with E-state index in [1.54, 1.807) is 0 Å². The van der Waals surface area contributed by atoms with Crippen molar-refractivity contribution in [2.75, 3.05) is 0 Å². The predicted octanol–water partition coefficient (Wildman–Crippen LogP) is 8.11. The van der Waals surface area contributed by atoms with Gasteiger partial charge in [0.05, 0.1) is 0 Å². The first kappa shape index (κ1) is 26.8. The minimum atomic E-state index is -2.32. The first-order valence-electron chi connectivity index (χ1n) is 12.4. The van der Waals surface area contributed by atoms with Crippen LogP contribution in [-0.4, -0.2) is 47.1 Å². The van der Waals surface area contributed by atoms with Gasteiger partial charge in [-0.05, 0) is 0 Å². The molecule has 1 aliphatic heterocycles. The molecular formula is C25H49NO2Sn. The van der Waals surface area contributed by atoms with Crippen LogP contribution in [0.3, 0.4) is 0 Å². The molecule has 1 amide bonds. The van der Waals surface area contributed by atoms with Crippen molar-refractivity contribution in [3.8, 4) is 0 Å². The van der Waals surface area contributed by atoms with Crippen molar-refractivity contribution in [3.63, 3.8) is 0 Å². The van der Waals surface area contributed by atoms with E-state index in [1.807, 2.05) is 25.7 Å². The molecule has 4 heteroatoms. The van der Waals surface area contributed by atoms with Gasteiger partial charge in [0.25, 0.3) is 0 Å². The van der Waals surface area contributed by atoms with Crippen LogP contribution in [0.5, 0.6) is 0 Å². The molecule has 1 saturated heterocycles. The van der Waals surface area contributed by atoms with Crippen molar-refractivity contribution < 1.29 is 9.53 Å². The molecule has 170 valence electrons. The van der Waals surface area contributed by atoms with Crippen LogP contribution in [0.4, 0.5) is 4.79 Å². The summed E-state index contributed by atoms with van der Waals surface area (Å²) in [5.41, 5.74) is -0.436. The van der Waals surface area contributed by atoms with Crippen LogP contribution in [0.2, 0.25) is 13.3 Å². The molecule has 0 spiro atoms. The summed E-state index contributed by atoms with van der Waals surface area (Å²) in [6.07, 6.45) is 13.8. The quantitative estimate of drug-likeness (QED) is 0.261. The van der Waals surface area contributed by atoms with Gasteiger partial charge in [-0.1, -0.05) is 0 Å². The molecule has 0 saturated carbocycles. The normalized spacial score (nSPS) is 21.0. The number of carbonyl (C=O) groups excluding carboxylic acids is 1. The summed E-state index contributed by atoms with van der Waals surface area (Å²) >= 11 is -2.32. The van der Waals surface area contributed by atoms with Gasteiger partial charge in [-0.2, -0.15) is 0 Å². The van der Waals surface area contributed by atoms with E-state index in [0.717, 1.165) is 12.8 Å². The van der Waals surface area contributed by atoms with Gasteiger partial charge >= 0.3 is 186 Å². The fourth-order valence-corrected chi connectivity index (χ4v) is 19.0. The molecule has 2 atom stereocenters. The van der Waals surface area contributed by atoms with E-state index in [1.165, 1.54) is 58.3 Å². The number of piperidine rings is 1. The summed E-state index contributed by atoms with van der Waals surface area (Å²) < 4.78 is 13.0. The molecular weight excluding hydrogens is 465 g/mol. The van der Waals surface area contributed by atoms with E-state index in [2.05, 4.69) is 37.9 Å². The second-order valence-electron chi connectivity index (χ2n) is 10.3. The second kappa shape index (κ2) is 13.3. The van der Waals surface area contributed by atoms with Gasteiger partial charge in [0.2, 0.25) is 0 Å². The average molecular weight is 514 g/mol. The van der Waals surface area contributed by atoms with Crippen LogP contribution in [0.25, 0.3) is 0 Å². The van der Waals surface area contributed by atoms with Crippen molar-refractivity contribution in [1.82, 2.24) is 4.90 Å². The number of ether oxygens (including phenoxy) is 1. The van der Waals surface area contributed by atoms with Gasteiger partial charge in [0, 0.05) is 0 Å². The fraction of sp³-hybridized carbons (Fsp3) is 0.880. The zero-order valence-corrected chi connectivity index (χ0v) is 23.4. The molecule has 0 aliphatic carbocycles. The monoisotopic (exact) mass is 515 g/mol. The average Bonchev–Trinajstić information content (AvgIpc) is 2.65. The molecule has 0 aromatic carbocycles. The molecule has 1 rings (SSSR count). The van der Waals surface area contributed by atoms with Crippen LogP contribution in [0, 0.1) is 0 Å². The van der Waals surface area contributed by atoms with Crippen LogP contribution in [-0.2, 0) is 4.74 Å². The molecule has 0 unspecified atom stereocenters. The second-order valence-corrected chi connectivity index (χ2v) is 23.3. The first-order chi connectivity index (χ1) is 13.7. The van der Waals surface area contributed by atoms with Gasteiger partial charge in [-0.3, -0.25) is 0 Å². The molecule has 0 aromatic rings. The van der Waals surface area contributed by atoms with Crippen molar-refractivity contribution >= 4 is 24.5 Å². The topological polar surface area (TPSA) is 29.5 Å². The SMILES string of the molecule is CCC[CH2][Sn](/[CH]=C/[C@H]1CCC[C@H](C)N1C(=O)OC(C)(C)C)([CH2]CCC)[CH2]CCC. The maximum atomic E-state index is 13.0. The Kier molecular flexibility index (Phi) is 12.3. The van der Waals surface area contributed by atoms with E-state index in [0.29, 0.717) is 0 Å². The van der Waals surface area contributed by atoms with Gasteiger partial charge < -0.3 is 0 Å². The first-order valence-corrected chi connectivity index (χ1v) is 20.1. The van der Waals surface area contributed by atoms with Gasteiger partial charge in [0.15, 0.2) is 0 Å². The molecule has 1 aliphatic rings. The predicted molar refractivity (Wildman–Crippen MR) is 129 cm³/mol. The third-order valence-corrected chi connectivity index (χ3v) is 20.4. The van der Waals surface area contributed by atoms with Crippen LogP contribution < -0.4 is 0 Å². The fourth-order valence-electron chi connectivity index (χ4n) is 4.57. The van der Waals surface area contributed by atoms with Gasteiger partial charge in [-0.15, -0.1) is 0 Å². The third-order valence-electron chi connectivity index (χ3n) is 6.31. The van der Waals surface area contributed by atoms with Gasteiger partial charge in [-0.25, -0.2) is 0 Å². The van der Waals surface area contributed by atoms with Crippen molar-refractivity contribution in [2.24, 2.45) is 0 Å². The summed E-state index contributed by atoms with van der Waals surface area (Å²) in [5.74, 6) is 0. The van der Waals surface area contributed by atoms with E-state index in [9.17, 15) is 4.79 Å². The number of amides is 1. The van der Waals surface area contributed by atoms with E-state index >= 15 is 0 Å². The van der Waals surface area contributed by atoms with Crippen LogP contribution in [0.15, 0.2) is 10.2 Å². The van der Waals surface area contributed by atoms with Crippen molar-refractivity contribution in [2.45, 2.75) is 137 Å². The standard InChI is InChI=1S/C13H22NO2.3C4H9.Sn/c1-6-11-9-7-8-10(2)14(11)12(15)16-13(3,4)5;3*1-3-4-2;/h1,6,10-11H,7-9H2,2-5H3;3*1,3-4H2,2H3;/t10-,11-;;;;/m0..../s1. The van der Waals surface area contributed by atoms with E-state index in [-0.39, 0.29) is 18.2 Å². The zero-order chi connectivity index (χ0) is 21.9. The molecule has 3 nitrogen and oxygen atoms in total. The number of nitrogens with zero attached hydrogens (tertiary/aromatic N) is 1. The van der Waals surface area contributed by atoms with E-state index in [4.69, 9.17) is 4.74 Å². The number of unbranched alkanes of at least 4 members (excludes halogenated alkanes) is 3. The number of carbonyl (C=O) groups is 1. The summed E-state index contributed by atoms with van der Waals surface area (Å²) in [7, 11) is 0. The number of hydrogen-bond acceptors (Lipinski definition) is 2. The van der Waals surface area contributed by atoms with Crippen molar-refractivity contribution in [1.29, 1.82) is 0 Å². The Morgan fingerprint density at radius 3 is 1.97 bits per heavy atom. The van der Waals surface area contributed by atoms with Crippen LogP contribution in [0.1, 0.15) is 106 Å². The molecule has 1 fully saturated rings. The number of hydrogen-bond donors (Lipinski definition) is 0. The molecule has 29 heavy (non-hydrogen) atoms. The zero-order valence-electron chi connectivity index (χ0n) is 20.6. The Hall–Kier alpha value is -0.191. The molecule has 0 N–H and O–H groups in total. The Bertz CT molecular complexity index is 476. The summed E-state index contributed by atoms with van der Waals surface area (Å²) in [4.78, 5) is 15.0. The minimum absolute atomic E-state index is 0.129. The Labute approximate surface area is 185 Å².